The van der Waals surface area contributed by atoms with E-state index < -0.39 is 0 Å². The Kier molecular flexibility index (Phi) is 13.1. The molecule has 2 radical (unpaired) electrons. The summed E-state index contributed by atoms with van der Waals surface area (Å²) in [5, 5.41) is 0. The molecule has 0 aliphatic rings. The Labute approximate surface area is 152 Å². The summed E-state index contributed by atoms with van der Waals surface area (Å²) >= 11 is 1.50. The molecule has 0 aromatic carbocycles. The van der Waals surface area contributed by atoms with Crippen molar-refractivity contribution in [3.63, 3.8) is 0 Å². The first-order valence-corrected chi connectivity index (χ1v) is 10.1. The van der Waals surface area contributed by atoms with Crippen LogP contribution in [0.3, 0.4) is 0 Å². The number of hydrogen-bond donors (Lipinski definition) is 0. The molecule has 5 nitrogen and oxygen atoms in total. The summed E-state index contributed by atoms with van der Waals surface area (Å²) in [5.41, 5.74) is 0. The van der Waals surface area contributed by atoms with Gasteiger partial charge in [0.1, 0.15) is 0 Å². The van der Waals surface area contributed by atoms with Gasteiger partial charge in [-0.3, -0.25) is 0 Å². The molecule has 0 rings (SSSR count). The predicted octanol–water partition coefficient (Wildman–Crippen LogP) is 1.09. The first-order valence-electron chi connectivity index (χ1n) is 8.70. The van der Waals surface area contributed by atoms with E-state index in [0.29, 0.717) is 25.9 Å². The SMILES string of the molecule is CCN(C)CC(=O)C[C@H]([Ga])CC(=O)CN(C)CCN(CC)CC. The van der Waals surface area contributed by atoms with Crippen LogP contribution in [0.5, 0.6) is 0 Å². The topological polar surface area (TPSA) is 43.9 Å². The van der Waals surface area contributed by atoms with E-state index in [4.69, 9.17) is 0 Å². The van der Waals surface area contributed by atoms with Crippen LogP contribution >= 0.6 is 0 Å². The summed E-state index contributed by atoms with van der Waals surface area (Å²) < 4.78 is 0.198. The molecule has 0 unspecified atom stereocenters. The molecule has 0 spiro atoms. The van der Waals surface area contributed by atoms with Gasteiger partial charge in [0.2, 0.25) is 0 Å². The Balaban J connectivity index is 4.01. The molecule has 1 atom stereocenters. The molecular weight excluding hydrogens is 348 g/mol. The molecule has 0 fully saturated rings. The van der Waals surface area contributed by atoms with Gasteiger partial charge in [0.15, 0.2) is 0 Å². The van der Waals surface area contributed by atoms with E-state index in [9.17, 15) is 9.59 Å². The molecule has 0 heterocycles. The number of rotatable bonds is 14. The molecule has 0 aliphatic carbocycles. The Morgan fingerprint density at radius 2 is 1.30 bits per heavy atom. The molecule has 0 saturated heterocycles. The van der Waals surface area contributed by atoms with E-state index in [1.54, 1.807) is 0 Å². The summed E-state index contributed by atoms with van der Waals surface area (Å²) in [7, 11) is 3.95. The zero-order chi connectivity index (χ0) is 17.8. The molecule has 0 aromatic heterocycles. The van der Waals surface area contributed by atoms with Crippen molar-refractivity contribution in [3.05, 3.63) is 0 Å². The number of carbonyl (C=O) groups excluding carboxylic acids is 2. The molecule has 0 N–H and O–H groups in total. The fourth-order valence-electron chi connectivity index (χ4n) is 2.43. The van der Waals surface area contributed by atoms with Gasteiger partial charge in [0.25, 0.3) is 0 Å². The van der Waals surface area contributed by atoms with Crippen LogP contribution in [-0.2, 0) is 9.59 Å². The van der Waals surface area contributed by atoms with E-state index in [1.807, 2.05) is 25.9 Å². The van der Waals surface area contributed by atoms with E-state index >= 15 is 0 Å². The predicted molar refractivity (Wildman–Crippen MR) is 97.2 cm³/mol. The van der Waals surface area contributed by atoms with Gasteiger partial charge in [-0.05, 0) is 0 Å². The quantitative estimate of drug-likeness (QED) is 0.421. The molecule has 132 valence electrons. The zero-order valence-electron chi connectivity index (χ0n) is 15.7. The Bertz CT molecular complexity index is 349. The average Bonchev–Trinajstić information content (AvgIpc) is 2.47. The van der Waals surface area contributed by atoms with Gasteiger partial charge in [-0.15, -0.1) is 0 Å². The van der Waals surface area contributed by atoms with Gasteiger partial charge in [0, 0.05) is 0 Å². The van der Waals surface area contributed by atoms with Gasteiger partial charge >= 0.3 is 152 Å². The minimum absolute atomic E-state index is 0.198. The van der Waals surface area contributed by atoms with Crippen molar-refractivity contribution in [2.24, 2.45) is 0 Å². The maximum absolute atomic E-state index is 12.1. The normalized spacial score (nSPS) is 13.0. The second kappa shape index (κ2) is 13.2. The third-order valence-corrected chi connectivity index (χ3v) is 5.09. The third-order valence-electron chi connectivity index (χ3n) is 4.10. The van der Waals surface area contributed by atoms with Crippen LogP contribution in [0.25, 0.3) is 0 Å². The second-order valence-electron chi connectivity index (χ2n) is 6.34. The minimum atomic E-state index is 0.198. The molecule has 0 saturated carbocycles. The number of Topliss-reactive ketones (excluding diaryl/α,β-unsaturated/α-hetero) is 2. The Morgan fingerprint density at radius 1 is 0.826 bits per heavy atom. The summed E-state index contributed by atoms with van der Waals surface area (Å²) in [4.78, 5) is 30.5. The van der Waals surface area contributed by atoms with Gasteiger partial charge in [-0.1, -0.05) is 0 Å². The monoisotopic (exact) mass is 381 g/mol. The van der Waals surface area contributed by atoms with E-state index in [2.05, 4.69) is 23.6 Å². The Morgan fingerprint density at radius 3 is 1.74 bits per heavy atom. The van der Waals surface area contributed by atoms with Crippen molar-refractivity contribution in [2.75, 3.05) is 59.9 Å². The van der Waals surface area contributed by atoms with Gasteiger partial charge < -0.3 is 0 Å². The number of hydrogen-bond acceptors (Lipinski definition) is 5. The molecular formula is C17H34GaN3O2. The van der Waals surface area contributed by atoms with Gasteiger partial charge in [0.05, 0.1) is 0 Å². The van der Waals surface area contributed by atoms with Crippen LogP contribution < -0.4 is 0 Å². The third kappa shape index (κ3) is 11.9. The van der Waals surface area contributed by atoms with Crippen LogP contribution in [-0.4, -0.2) is 105 Å². The molecule has 0 aromatic rings. The maximum atomic E-state index is 12.1. The van der Waals surface area contributed by atoms with Crippen molar-refractivity contribution in [1.82, 2.24) is 14.7 Å². The van der Waals surface area contributed by atoms with Crippen LogP contribution in [0.15, 0.2) is 0 Å². The van der Waals surface area contributed by atoms with Crippen LogP contribution in [0.1, 0.15) is 33.6 Å². The van der Waals surface area contributed by atoms with E-state index in [-0.39, 0.29) is 16.0 Å². The first kappa shape index (κ1) is 22.9. The fourth-order valence-corrected chi connectivity index (χ4v) is 3.53. The second-order valence-corrected chi connectivity index (χ2v) is 8.32. The standard InChI is InChI=1S/C17H34N3O2.Ga/c1-6-18(4)14-16(21)10-9-11-17(22)15-19(5)12-13-20(7-2)8-3;/h9H,6-8,10-15H2,1-5H3;. The number of ketones is 2. The fraction of sp³-hybridized carbons (Fsp3) is 0.882. The van der Waals surface area contributed by atoms with Crippen LogP contribution in [0.2, 0.25) is 4.47 Å². The summed E-state index contributed by atoms with van der Waals surface area (Å²) in [6.07, 6.45) is 1.05. The van der Waals surface area contributed by atoms with Crippen LogP contribution in [0.4, 0.5) is 0 Å². The molecule has 0 bridgehead atoms. The summed E-state index contributed by atoms with van der Waals surface area (Å²) in [6, 6.07) is 0. The molecule has 23 heavy (non-hydrogen) atoms. The average molecular weight is 382 g/mol. The number of carbonyl (C=O) groups is 2. The van der Waals surface area contributed by atoms with E-state index in [0.717, 1.165) is 32.7 Å². The van der Waals surface area contributed by atoms with Crippen molar-refractivity contribution in [1.29, 1.82) is 0 Å². The van der Waals surface area contributed by atoms with Crippen molar-refractivity contribution in [2.45, 2.75) is 38.1 Å². The van der Waals surface area contributed by atoms with Crippen molar-refractivity contribution < 1.29 is 9.59 Å². The summed E-state index contributed by atoms with van der Waals surface area (Å²) in [6.45, 7) is 12.2. The summed E-state index contributed by atoms with van der Waals surface area (Å²) in [5.74, 6) is 0.490. The van der Waals surface area contributed by atoms with Crippen molar-refractivity contribution >= 4 is 30.2 Å². The number of likely N-dealkylation sites (N-methyl/N-ethyl adjacent to an activating group) is 3. The zero-order valence-corrected chi connectivity index (χ0v) is 18.1. The first-order chi connectivity index (χ1) is 10.8. The molecule has 0 amide bonds. The number of nitrogens with zero attached hydrogens (tertiary/aromatic N) is 3. The van der Waals surface area contributed by atoms with Gasteiger partial charge in [-0.2, -0.15) is 0 Å². The van der Waals surface area contributed by atoms with Crippen LogP contribution in [0, 0.1) is 0 Å². The van der Waals surface area contributed by atoms with Gasteiger partial charge in [-0.25, -0.2) is 0 Å². The molecule has 0 aliphatic heterocycles. The van der Waals surface area contributed by atoms with Crippen molar-refractivity contribution in [3.8, 4) is 0 Å². The van der Waals surface area contributed by atoms with E-state index in [1.165, 1.54) is 18.6 Å². The Hall–Kier alpha value is -0.144. The molecule has 6 heteroatoms.